The summed E-state index contributed by atoms with van der Waals surface area (Å²) in [5.74, 6) is 0.291. The van der Waals surface area contributed by atoms with E-state index in [2.05, 4.69) is 46.4 Å². The molecule has 110 valence electrons. The molecule has 0 unspecified atom stereocenters. The Morgan fingerprint density at radius 2 is 1.90 bits per heavy atom. The van der Waals surface area contributed by atoms with E-state index in [4.69, 9.17) is 0 Å². The Morgan fingerprint density at radius 3 is 2.62 bits per heavy atom. The number of hydrogen-bond acceptors (Lipinski definition) is 1. The van der Waals surface area contributed by atoms with Crippen LogP contribution >= 0.6 is 15.9 Å². The highest BCUT2D eigenvalue weighted by molar-refractivity contribution is 9.10. The Bertz CT molecular complexity index is 622. The first kappa shape index (κ1) is 14.7. The molecule has 3 heteroatoms. The van der Waals surface area contributed by atoms with Crippen molar-refractivity contribution in [3.63, 3.8) is 0 Å². The Kier molecular flexibility index (Phi) is 4.41. The molecule has 1 aliphatic rings. The Balaban J connectivity index is 1.56. The highest BCUT2D eigenvalue weighted by Crippen LogP contribution is 2.39. The van der Waals surface area contributed by atoms with Crippen molar-refractivity contribution in [1.29, 1.82) is 0 Å². The average Bonchev–Trinajstić information content (AvgIpc) is 2.43. The van der Waals surface area contributed by atoms with E-state index in [1.807, 2.05) is 18.2 Å². The van der Waals surface area contributed by atoms with Crippen LogP contribution in [0.1, 0.15) is 42.9 Å². The van der Waals surface area contributed by atoms with Crippen molar-refractivity contribution in [2.45, 2.75) is 37.8 Å². The van der Waals surface area contributed by atoms with Gasteiger partial charge in [0.15, 0.2) is 0 Å². The fourth-order valence-corrected chi connectivity index (χ4v) is 3.46. The summed E-state index contributed by atoms with van der Waals surface area (Å²) in [5.41, 5.74) is 2.14. The second kappa shape index (κ2) is 6.29. The highest BCUT2D eigenvalue weighted by atomic mass is 79.9. The predicted molar refractivity (Wildman–Crippen MR) is 87.9 cm³/mol. The summed E-state index contributed by atoms with van der Waals surface area (Å²) < 4.78 is 14.8. The van der Waals surface area contributed by atoms with Crippen LogP contribution in [-0.4, -0.2) is 6.04 Å². The molecular weight excluding hydrogens is 329 g/mol. The molecule has 1 aliphatic carbocycles. The van der Waals surface area contributed by atoms with E-state index < -0.39 is 0 Å². The van der Waals surface area contributed by atoms with E-state index in [0.717, 1.165) is 22.9 Å². The monoisotopic (exact) mass is 347 g/mol. The topological polar surface area (TPSA) is 12.0 Å². The molecule has 0 saturated heterocycles. The van der Waals surface area contributed by atoms with Gasteiger partial charge in [0, 0.05) is 16.6 Å². The number of nitrogens with one attached hydrogen (secondary N) is 1. The smallest absolute Gasteiger partial charge is 0.126 e. The molecule has 2 aromatic rings. The van der Waals surface area contributed by atoms with Crippen LogP contribution in [0.4, 0.5) is 4.39 Å². The maximum atomic E-state index is 13.7. The summed E-state index contributed by atoms with van der Waals surface area (Å²) in [4.78, 5) is 0. The minimum Gasteiger partial charge on any atom is -0.307 e. The molecule has 1 N–H and O–H groups in total. The SMILES string of the molecule is C[C@@H](NC1CC(c2ccccc2F)C1)c1cccc(Br)c1. The summed E-state index contributed by atoms with van der Waals surface area (Å²) in [6.07, 6.45) is 2.03. The van der Waals surface area contributed by atoms with Crippen LogP contribution in [0.5, 0.6) is 0 Å². The maximum Gasteiger partial charge on any atom is 0.126 e. The molecule has 2 aromatic carbocycles. The molecule has 1 atom stereocenters. The van der Waals surface area contributed by atoms with E-state index in [-0.39, 0.29) is 5.82 Å². The van der Waals surface area contributed by atoms with Crippen molar-refractivity contribution in [2.75, 3.05) is 0 Å². The zero-order chi connectivity index (χ0) is 14.8. The van der Waals surface area contributed by atoms with Gasteiger partial charge in [-0.1, -0.05) is 46.3 Å². The van der Waals surface area contributed by atoms with E-state index in [0.29, 0.717) is 18.0 Å². The van der Waals surface area contributed by atoms with Gasteiger partial charge in [-0.25, -0.2) is 4.39 Å². The minimum absolute atomic E-state index is 0.0685. The fourth-order valence-electron chi connectivity index (χ4n) is 3.04. The Hall–Kier alpha value is -1.19. The van der Waals surface area contributed by atoms with Gasteiger partial charge in [-0.2, -0.15) is 0 Å². The van der Waals surface area contributed by atoms with Crippen molar-refractivity contribution in [3.05, 3.63) is 69.9 Å². The largest absolute Gasteiger partial charge is 0.307 e. The standard InChI is InChI=1S/C18H19BrFN/c1-12(13-5-4-6-15(19)9-13)21-16-10-14(11-16)17-7-2-3-8-18(17)20/h2-9,12,14,16,21H,10-11H2,1H3/t12-,14?,16?/m1/s1. The summed E-state index contributed by atoms with van der Waals surface area (Å²) in [5, 5.41) is 3.64. The van der Waals surface area contributed by atoms with Crippen LogP contribution in [0, 0.1) is 5.82 Å². The van der Waals surface area contributed by atoms with Crippen LogP contribution in [0.25, 0.3) is 0 Å². The van der Waals surface area contributed by atoms with Crippen molar-refractivity contribution < 1.29 is 4.39 Å². The minimum atomic E-state index is -0.0685. The molecule has 1 nitrogen and oxygen atoms in total. The van der Waals surface area contributed by atoms with E-state index >= 15 is 0 Å². The Morgan fingerprint density at radius 1 is 1.14 bits per heavy atom. The van der Waals surface area contributed by atoms with Gasteiger partial charge in [0.1, 0.15) is 5.82 Å². The van der Waals surface area contributed by atoms with Crippen LogP contribution in [0.3, 0.4) is 0 Å². The molecule has 1 fully saturated rings. The van der Waals surface area contributed by atoms with Crippen LogP contribution < -0.4 is 5.32 Å². The van der Waals surface area contributed by atoms with Crippen LogP contribution in [0.15, 0.2) is 53.0 Å². The van der Waals surface area contributed by atoms with E-state index in [1.165, 1.54) is 5.56 Å². The first-order valence-electron chi connectivity index (χ1n) is 7.39. The third kappa shape index (κ3) is 3.35. The average molecular weight is 348 g/mol. The number of hydrogen-bond donors (Lipinski definition) is 1. The molecule has 21 heavy (non-hydrogen) atoms. The predicted octanol–water partition coefficient (Wildman–Crippen LogP) is 5.19. The van der Waals surface area contributed by atoms with Crippen LogP contribution in [0.2, 0.25) is 0 Å². The molecule has 1 saturated carbocycles. The van der Waals surface area contributed by atoms with Gasteiger partial charge in [0.25, 0.3) is 0 Å². The summed E-state index contributed by atoms with van der Waals surface area (Å²) in [6, 6.07) is 16.3. The summed E-state index contributed by atoms with van der Waals surface area (Å²) >= 11 is 3.51. The van der Waals surface area contributed by atoms with Gasteiger partial charge < -0.3 is 5.32 Å². The molecule has 0 aliphatic heterocycles. The van der Waals surface area contributed by atoms with E-state index in [9.17, 15) is 4.39 Å². The molecule has 0 spiro atoms. The molecule has 0 amide bonds. The molecule has 3 rings (SSSR count). The van der Waals surface area contributed by atoms with Crippen molar-refractivity contribution >= 4 is 15.9 Å². The normalized spacial score (nSPS) is 22.6. The third-order valence-corrected chi connectivity index (χ3v) is 4.81. The van der Waals surface area contributed by atoms with Gasteiger partial charge in [0.05, 0.1) is 0 Å². The zero-order valence-corrected chi connectivity index (χ0v) is 13.6. The lowest BCUT2D eigenvalue weighted by Gasteiger charge is -2.38. The quantitative estimate of drug-likeness (QED) is 0.802. The van der Waals surface area contributed by atoms with Gasteiger partial charge in [-0.05, 0) is 55.0 Å². The van der Waals surface area contributed by atoms with Crippen LogP contribution in [-0.2, 0) is 0 Å². The number of halogens is 2. The first-order valence-corrected chi connectivity index (χ1v) is 8.18. The lowest BCUT2D eigenvalue weighted by Crippen LogP contribution is -2.41. The van der Waals surface area contributed by atoms with Gasteiger partial charge in [-0.3, -0.25) is 0 Å². The zero-order valence-electron chi connectivity index (χ0n) is 12.0. The lowest BCUT2D eigenvalue weighted by molar-refractivity contribution is 0.266. The molecule has 0 heterocycles. The first-order chi connectivity index (χ1) is 10.1. The number of rotatable bonds is 4. The lowest BCUT2D eigenvalue weighted by atomic mass is 9.75. The van der Waals surface area contributed by atoms with Crippen molar-refractivity contribution in [1.82, 2.24) is 5.32 Å². The van der Waals surface area contributed by atoms with Gasteiger partial charge >= 0.3 is 0 Å². The summed E-state index contributed by atoms with van der Waals surface area (Å²) in [6.45, 7) is 2.18. The van der Waals surface area contributed by atoms with E-state index in [1.54, 1.807) is 12.1 Å². The third-order valence-electron chi connectivity index (χ3n) is 4.32. The van der Waals surface area contributed by atoms with Crippen molar-refractivity contribution in [2.24, 2.45) is 0 Å². The fraction of sp³-hybridized carbons (Fsp3) is 0.333. The second-order valence-electron chi connectivity index (χ2n) is 5.83. The maximum absolute atomic E-state index is 13.7. The van der Waals surface area contributed by atoms with Gasteiger partial charge in [0.2, 0.25) is 0 Å². The molecule has 0 aromatic heterocycles. The molecule has 0 bridgehead atoms. The van der Waals surface area contributed by atoms with Gasteiger partial charge in [-0.15, -0.1) is 0 Å². The molecular formula is C18H19BrFN. The van der Waals surface area contributed by atoms with Crippen molar-refractivity contribution in [3.8, 4) is 0 Å². The Labute approximate surface area is 133 Å². The number of benzene rings is 2. The second-order valence-corrected chi connectivity index (χ2v) is 6.75. The molecule has 0 radical (unpaired) electrons. The highest BCUT2D eigenvalue weighted by Gasteiger charge is 2.32. The summed E-state index contributed by atoms with van der Waals surface area (Å²) in [7, 11) is 0.